The van der Waals surface area contributed by atoms with E-state index < -0.39 is 0 Å². The fourth-order valence-electron chi connectivity index (χ4n) is 4.46. The first-order valence-corrected chi connectivity index (χ1v) is 8.78. The third-order valence-corrected chi connectivity index (χ3v) is 5.71. The molecule has 21 heavy (non-hydrogen) atoms. The molecule has 4 unspecified atom stereocenters. The molecule has 2 fully saturated rings. The van der Waals surface area contributed by atoms with Crippen LogP contribution in [0, 0.1) is 12.8 Å². The van der Waals surface area contributed by atoms with Gasteiger partial charge in [-0.3, -0.25) is 4.90 Å². The minimum absolute atomic E-state index is 0.244. The van der Waals surface area contributed by atoms with Gasteiger partial charge in [-0.15, -0.1) is 0 Å². The molecular formula is C19H30N2. The number of benzene rings is 1. The first-order valence-electron chi connectivity index (χ1n) is 8.78. The molecule has 1 heterocycles. The summed E-state index contributed by atoms with van der Waals surface area (Å²) in [6.07, 6.45) is 8.08. The van der Waals surface area contributed by atoms with Crippen LogP contribution in [-0.2, 0) is 0 Å². The highest BCUT2D eigenvalue weighted by Crippen LogP contribution is 2.41. The molecule has 0 spiro atoms. The van der Waals surface area contributed by atoms with Gasteiger partial charge in [0.2, 0.25) is 0 Å². The van der Waals surface area contributed by atoms with Crippen LogP contribution in [0.1, 0.15) is 62.6 Å². The van der Waals surface area contributed by atoms with Gasteiger partial charge in [0.1, 0.15) is 0 Å². The number of likely N-dealkylation sites (tertiary alicyclic amines) is 1. The van der Waals surface area contributed by atoms with Crippen molar-refractivity contribution in [2.24, 2.45) is 11.7 Å². The number of fused-ring (bicyclic) bond motifs is 1. The lowest BCUT2D eigenvalue weighted by Gasteiger charge is -2.40. The van der Waals surface area contributed by atoms with Crippen LogP contribution in [0.25, 0.3) is 0 Å². The van der Waals surface area contributed by atoms with E-state index in [1.807, 2.05) is 0 Å². The van der Waals surface area contributed by atoms with Crippen LogP contribution >= 0.6 is 0 Å². The average Bonchev–Trinajstić information content (AvgIpc) is 2.93. The fraction of sp³-hybridized carbons (Fsp3) is 0.684. The Balaban J connectivity index is 1.87. The van der Waals surface area contributed by atoms with Crippen molar-refractivity contribution in [3.8, 4) is 0 Å². The summed E-state index contributed by atoms with van der Waals surface area (Å²) in [5.41, 5.74) is 9.30. The van der Waals surface area contributed by atoms with E-state index in [-0.39, 0.29) is 6.04 Å². The normalized spacial score (nSPS) is 29.1. The second-order valence-electron chi connectivity index (χ2n) is 7.07. The van der Waals surface area contributed by atoms with Gasteiger partial charge < -0.3 is 5.73 Å². The number of nitrogens with two attached hydrogens (primary N) is 1. The predicted octanol–water partition coefficient (Wildman–Crippen LogP) is 4.04. The number of hydrogen-bond donors (Lipinski definition) is 1. The molecule has 2 aliphatic rings. The summed E-state index contributed by atoms with van der Waals surface area (Å²) in [4.78, 5) is 2.75. The highest BCUT2D eigenvalue weighted by atomic mass is 15.2. The van der Waals surface area contributed by atoms with Crippen molar-refractivity contribution in [3.05, 3.63) is 35.4 Å². The zero-order valence-corrected chi connectivity index (χ0v) is 13.6. The first-order chi connectivity index (χ1) is 10.2. The number of rotatable bonds is 4. The van der Waals surface area contributed by atoms with Gasteiger partial charge in [0.05, 0.1) is 6.04 Å². The molecule has 1 saturated heterocycles. The van der Waals surface area contributed by atoms with Gasteiger partial charge in [-0.05, 0) is 50.6 Å². The van der Waals surface area contributed by atoms with Gasteiger partial charge in [-0.1, -0.05) is 49.6 Å². The monoisotopic (exact) mass is 286 g/mol. The van der Waals surface area contributed by atoms with Gasteiger partial charge in [0.15, 0.2) is 0 Å². The lowest BCUT2D eigenvalue weighted by atomic mass is 9.84. The van der Waals surface area contributed by atoms with Crippen LogP contribution in [0.5, 0.6) is 0 Å². The number of hydrogen-bond acceptors (Lipinski definition) is 2. The Hall–Kier alpha value is -0.860. The maximum absolute atomic E-state index is 6.55. The SMILES string of the molecule is CCC(N)C(c1ccc(C)cc1)N1CCC2CCCCC21. The van der Waals surface area contributed by atoms with E-state index >= 15 is 0 Å². The van der Waals surface area contributed by atoms with E-state index in [2.05, 4.69) is 43.0 Å². The molecule has 0 bridgehead atoms. The van der Waals surface area contributed by atoms with E-state index in [1.165, 1.54) is 49.8 Å². The van der Waals surface area contributed by atoms with Gasteiger partial charge in [0, 0.05) is 12.1 Å². The quantitative estimate of drug-likeness (QED) is 0.905. The average molecular weight is 286 g/mol. The lowest BCUT2D eigenvalue weighted by molar-refractivity contribution is 0.114. The Morgan fingerprint density at radius 2 is 1.86 bits per heavy atom. The van der Waals surface area contributed by atoms with Crippen LogP contribution in [0.4, 0.5) is 0 Å². The minimum atomic E-state index is 0.244. The molecule has 2 N–H and O–H groups in total. The second kappa shape index (κ2) is 6.50. The largest absolute Gasteiger partial charge is 0.326 e. The zero-order chi connectivity index (χ0) is 14.8. The number of nitrogens with zero attached hydrogens (tertiary/aromatic N) is 1. The van der Waals surface area contributed by atoms with E-state index in [0.717, 1.165) is 18.4 Å². The summed E-state index contributed by atoms with van der Waals surface area (Å²) >= 11 is 0. The summed E-state index contributed by atoms with van der Waals surface area (Å²) in [6.45, 7) is 5.62. The van der Waals surface area contributed by atoms with Gasteiger partial charge in [0.25, 0.3) is 0 Å². The van der Waals surface area contributed by atoms with Crippen molar-refractivity contribution in [1.29, 1.82) is 0 Å². The van der Waals surface area contributed by atoms with Gasteiger partial charge in [-0.25, -0.2) is 0 Å². The smallest absolute Gasteiger partial charge is 0.0502 e. The van der Waals surface area contributed by atoms with Gasteiger partial charge in [-0.2, -0.15) is 0 Å². The summed E-state index contributed by atoms with van der Waals surface area (Å²) in [5.74, 6) is 0.927. The zero-order valence-electron chi connectivity index (χ0n) is 13.6. The summed E-state index contributed by atoms with van der Waals surface area (Å²) in [6, 6.07) is 10.5. The lowest BCUT2D eigenvalue weighted by Crippen LogP contribution is -2.45. The van der Waals surface area contributed by atoms with Crippen molar-refractivity contribution in [2.75, 3.05) is 6.54 Å². The van der Waals surface area contributed by atoms with Crippen LogP contribution in [0.2, 0.25) is 0 Å². The summed E-state index contributed by atoms with van der Waals surface area (Å²) in [7, 11) is 0. The van der Waals surface area contributed by atoms with E-state index in [0.29, 0.717) is 6.04 Å². The Morgan fingerprint density at radius 3 is 2.57 bits per heavy atom. The van der Waals surface area contributed by atoms with Crippen LogP contribution in [-0.4, -0.2) is 23.5 Å². The molecule has 4 atom stereocenters. The molecule has 1 aromatic rings. The highest BCUT2D eigenvalue weighted by molar-refractivity contribution is 5.26. The molecule has 2 nitrogen and oxygen atoms in total. The van der Waals surface area contributed by atoms with Crippen molar-refractivity contribution >= 4 is 0 Å². The fourth-order valence-corrected chi connectivity index (χ4v) is 4.46. The first kappa shape index (κ1) is 15.1. The molecule has 1 saturated carbocycles. The Bertz CT molecular complexity index is 453. The molecule has 1 aromatic carbocycles. The van der Waals surface area contributed by atoms with E-state index in [9.17, 15) is 0 Å². The Labute approximate surface area is 129 Å². The maximum Gasteiger partial charge on any atom is 0.0502 e. The van der Waals surface area contributed by atoms with E-state index in [1.54, 1.807) is 0 Å². The third-order valence-electron chi connectivity index (χ3n) is 5.71. The molecular weight excluding hydrogens is 256 g/mol. The topological polar surface area (TPSA) is 29.3 Å². The summed E-state index contributed by atoms with van der Waals surface area (Å²) < 4.78 is 0. The molecule has 1 aliphatic carbocycles. The molecule has 3 rings (SSSR count). The summed E-state index contributed by atoms with van der Waals surface area (Å²) in [5, 5.41) is 0. The number of aryl methyl sites for hydroxylation is 1. The van der Waals surface area contributed by atoms with Crippen LogP contribution in [0.3, 0.4) is 0 Å². The van der Waals surface area contributed by atoms with Crippen LogP contribution < -0.4 is 5.73 Å². The molecule has 1 aliphatic heterocycles. The second-order valence-corrected chi connectivity index (χ2v) is 7.07. The maximum atomic E-state index is 6.55. The van der Waals surface area contributed by atoms with Gasteiger partial charge >= 0.3 is 0 Å². The van der Waals surface area contributed by atoms with E-state index in [4.69, 9.17) is 5.73 Å². The van der Waals surface area contributed by atoms with Crippen molar-refractivity contribution in [1.82, 2.24) is 4.90 Å². The molecule has 0 aromatic heterocycles. The standard InChI is InChI=1S/C19H30N2/c1-3-17(20)19(16-10-8-14(2)9-11-16)21-13-12-15-6-4-5-7-18(15)21/h8-11,15,17-19H,3-7,12-13,20H2,1-2H3. The molecule has 0 radical (unpaired) electrons. The Kier molecular flexibility index (Phi) is 4.66. The Morgan fingerprint density at radius 1 is 1.14 bits per heavy atom. The van der Waals surface area contributed by atoms with Crippen molar-refractivity contribution in [2.45, 2.75) is 70.5 Å². The minimum Gasteiger partial charge on any atom is -0.326 e. The van der Waals surface area contributed by atoms with Crippen molar-refractivity contribution in [3.63, 3.8) is 0 Å². The van der Waals surface area contributed by atoms with Crippen molar-refractivity contribution < 1.29 is 0 Å². The highest BCUT2D eigenvalue weighted by Gasteiger charge is 2.40. The molecule has 2 heteroatoms. The third kappa shape index (κ3) is 3.02. The van der Waals surface area contributed by atoms with Crippen LogP contribution in [0.15, 0.2) is 24.3 Å². The molecule has 0 amide bonds. The predicted molar refractivity (Wildman–Crippen MR) is 89.3 cm³/mol. The molecule has 116 valence electrons.